The number of benzene rings is 1. The standard InChI is InChI=1S/C21H29N7O4/c1-3-32-18-14-16(4-5-17(18)29-2)15-22-26-19-23-20(27-6-10-30-11-7-27)25-21(24-19)28-8-12-31-13-9-28/h4-5,14-15H,3,6-13H2,1-2H3,(H,23,24,25,26)/b22-15+. The van der Waals surface area contributed by atoms with Gasteiger partial charge in [-0.05, 0) is 30.7 Å². The summed E-state index contributed by atoms with van der Waals surface area (Å²) < 4.78 is 21.9. The lowest BCUT2D eigenvalue weighted by molar-refractivity contribution is 0.121. The first-order valence-corrected chi connectivity index (χ1v) is 10.8. The lowest BCUT2D eigenvalue weighted by atomic mass is 10.2. The Hall–Kier alpha value is -3.18. The largest absolute Gasteiger partial charge is 0.493 e. The first kappa shape index (κ1) is 22.0. The fourth-order valence-electron chi connectivity index (χ4n) is 3.42. The summed E-state index contributed by atoms with van der Waals surface area (Å²) in [5.74, 6) is 2.97. The van der Waals surface area contributed by atoms with Crippen molar-refractivity contribution in [1.29, 1.82) is 0 Å². The van der Waals surface area contributed by atoms with Gasteiger partial charge >= 0.3 is 0 Å². The van der Waals surface area contributed by atoms with Crippen molar-refractivity contribution in [2.75, 3.05) is 81.5 Å². The van der Waals surface area contributed by atoms with Crippen molar-refractivity contribution in [3.05, 3.63) is 23.8 Å². The SMILES string of the molecule is CCOc1cc(/C=N/Nc2nc(N3CCOCC3)nc(N3CCOCC3)n2)ccc1OC. The Morgan fingerprint density at radius 1 is 0.969 bits per heavy atom. The minimum absolute atomic E-state index is 0.387. The van der Waals surface area contributed by atoms with Crippen molar-refractivity contribution in [1.82, 2.24) is 15.0 Å². The number of anilines is 3. The molecule has 11 nitrogen and oxygen atoms in total. The van der Waals surface area contributed by atoms with Crippen LogP contribution >= 0.6 is 0 Å². The second-order valence-electron chi connectivity index (χ2n) is 7.17. The highest BCUT2D eigenvalue weighted by Crippen LogP contribution is 2.27. The van der Waals surface area contributed by atoms with E-state index in [0.717, 1.165) is 31.7 Å². The average molecular weight is 444 g/mol. The fourth-order valence-corrected chi connectivity index (χ4v) is 3.42. The van der Waals surface area contributed by atoms with Crippen molar-refractivity contribution in [2.24, 2.45) is 5.10 Å². The van der Waals surface area contributed by atoms with Crippen LogP contribution in [0, 0.1) is 0 Å². The molecule has 0 amide bonds. The van der Waals surface area contributed by atoms with E-state index in [-0.39, 0.29) is 0 Å². The Bertz CT molecular complexity index is 879. The highest BCUT2D eigenvalue weighted by Gasteiger charge is 2.20. The summed E-state index contributed by atoms with van der Waals surface area (Å²) in [6.45, 7) is 8.04. The van der Waals surface area contributed by atoms with Crippen molar-refractivity contribution in [2.45, 2.75) is 6.92 Å². The third-order valence-electron chi connectivity index (χ3n) is 5.07. The number of hydrogen-bond acceptors (Lipinski definition) is 11. The molecule has 1 aromatic carbocycles. The number of ether oxygens (including phenoxy) is 4. The first-order chi connectivity index (χ1) is 15.8. The van der Waals surface area contributed by atoms with Crippen LogP contribution in [0.5, 0.6) is 11.5 Å². The lowest BCUT2D eigenvalue weighted by Gasteiger charge is -2.30. The summed E-state index contributed by atoms with van der Waals surface area (Å²) in [5, 5.41) is 4.33. The van der Waals surface area contributed by atoms with Crippen LogP contribution in [-0.4, -0.2) is 87.5 Å². The maximum atomic E-state index is 5.63. The molecule has 172 valence electrons. The van der Waals surface area contributed by atoms with Crippen LogP contribution in [0.15, 0.2) is 23.3 Å². The number of methoxy groups -OCH3 is 1. The molecular weight excluding hydrogens is 414 g/mol. The first-order valence-electron chi connectivity index (χ1n) is 10.8. The molecular formula is C21H29N7O4. The minimum atomic E-state index is 0.387. The molecule has 0 atom stereocenters. The Balaban J connectivity index is 1.53. The van der Waals surface area contributed by atoms with E-state index in [1.165, 1.54) is 0 Å². The van der Waals surface area contributed by atoms with Gasteiger partial charge in [0.05, 0.1) is 46.4 Å². The van der Waals surface area contributed by atoms with Gasteiger partial charge in [-0.2, -0.15) is 20.1 Å². The van der Waals surface area contributed by atoms with Gasteiger partial charge in [-0.25, -0.2) is 5.43 Å². The molecule has 0 spiro atoms. The van der Waals surface area contributed by atoms with Gasteiger partial charge in [-0.15, -0.1) is 0 Å². The molecule has 0 bridgehead atoms. The number of rotatable bonds is 8. The third-order valence-corrected chi connectivity index (χ3v) is 5.07. The number of morpholine rings is 2. The molecule has 2 aromatic rings. The zero-order valence-electron chi connectivity index (χ0n) is 18.5. The van der Waals surface area contributed by atoms with E-state index in [1.54, 1.807) is 13.3 Å². The van der Waals surface area contributed by atoms with E-state index >= 15 is 0 Å². The van der Waals surface area contributed by atoms with Crippen LogP contribution in [0.25, 0.3) is 0 Å². The topological polar surface area (TPSA) is 106 Å². The molecule has 3 heterocycles. The van der Waals surface area contributed by atoms with Gasteiger partial charge in [0, 0.05) is 26.2 Å². The van der Waals surface area contributed by atoms with Gasteiger partial charge in [0.15, 0.2) is 11.5 Å². The Morgan fingerprint density at radius 3 is 2.16 bits per heavy atom. The normalized spacial score (nSPS) is 16.9. The molecule has 1 N–H and O–H groups in total. The Morgan fingerprint density at radius 2 is 1.59 bits per heavy atom. The van der Waals surface area contributed by atoms with Crippen molar-refractivity contribution in [3.8, 4) is 11.5 Å². The summed E-state index contributed by atoms with van der Waals surface area (Å²) in [4.78, 5) is 18.0. The van der Waals surface area contributed by atoms with Crippen LogP contribution in [-0.2, 0) is 9.47 Å². The average Bonchev–Trinajstić information content (AvgIpc) is 2.85. The second kappa shape index (κ2) is 10.9. The van der Waals surface area contributed by atoms with E-state index in [2.05, 4.69) is 30.3 Å². The predicted octanol–water partition coefficient (Wildman–Crippen LogP) is 1.40. The van der Waals surface area contributed by atoms with Crippen LogP contribution in [0.4, 0.5) is 17.8 Å². The number of nitrogens with one attached hydrogen (secondary N) is 1. The van der Waals surface area contributed by atoms with E-state index in [4.69, 9.17) is 23.9 Å². The second-order valence-corrected chi connectivity index (χ2v) is 7.17. The zero-order chi connectivity index (χ0) is 22.2. The molecule has 2 saturated heterocycles. The quantitative estimate of drug-likeness (QED) is 0.475. The summed E-state index contributed by atoms with van der Waals surface area (Å²) in [7, 11) is 1.62. The zero-order valence-corrected chi connectivity index (χ0v) is 18.5. The summed E-state index contributed by atoms with van der Waals surface area (Å²) in [6, 6.07) is 5.62. The van der Waals surface area contributed by atoms with Gasteiger partial charge in [0.25, 0.3) is 0 Å². The fraction of sp³-hybridized carbons (Fsp3) is 0.524. The van der Waals surface area contributed by atoms with Crippen LogP contribution in [0.1, 0.15) is 12.5 Å². The van der Waals surface area contributed by atoms with Crippen molar-refractivity contribution in [3.63, 3.8) is 0 Å². The highest BCUT2D eigenvalue weighted by molar-refractivity contribution is 5.81. The summed E-state index contributed by atoms with van der Waals surface area (Å²) in [5.41, 5.74) is 3.81. The number of aromatic nitrogens is 3. The molecule has 0 aliphatic carbocycles. The molecule has 1 aromatic heterocycles. The molecule has 0 unspecified atom stereocenters. The smallest absolute Gasteiger partial charge is 0.250 e. The van der Waals surface area contributed by atoms with Gasteiger partial charge in [0.1, 0.15) is 0 Å². The predicted molar refractivity (Wildman–Crippen MR) is 121 cm³/mol. The van der Waals surface area contributed by atoms with E-state index in [9.17, 15) is 0 Å². The van der Waals surface area contributed by atoms with E-state index in [0.29, 0.717) is 62.4 Å². The van der Waals surface area contributed by atoms with Gasteiger partial charge in [0.2, 0.25) is 17.8 Å². The van der Waals surface area contributed by atoms with Crippen LogP contribution in [0.2, 0.25) is 0 Å². The summed E-state index contributed by atoms with van der Waals surface area (Å²) in [6.07, 6.45) is 1.69. The molecule has 2 aliphatic heterocycles. The monoisotopic (exact) mass is 443 g/mol. The number of hydrogen-bond donors (Lipinski definition) is 1. The molecule has 11 heteroatoms. The van der Waals surface area contributed by atoms with E-state index < -0.39 is 0 Å². The molecule has 4 rings (SSSR count). The van der Waals surface area contributed by atoms with Gasteiger partial charge in [-0.1, -0.05) is 0 Å². The maximum absolute atomic E-state index is 5.63. The highest BCUT2D eigenvalue weighted by atomic mass is 16.5. The number of nitrogens with zero attached hydrogens (tertiary/aromatic N) is 6. The molecule has 2 aliphatic rings. The van der Waals surface area contributed by atoms with Gasteiger partial charge in [-0.3, -0.25) is 0 Å². The maximum Gasteiger partial charge on any atom is 0.250 e. The Kier molecular flexibility index (Phi) is 7.51. The number of hydrazone groups is 1. The minimum Gasteiger partial charge on any atom is -0.493 e. The van der Waals surface area contributed by atoms with Crippen molar-refractivity contribution < 1.29 is 18.9 Å². The van der Waals surface area contributed by atoms with Crippen molar-refractivity contribution >= 4 is 24.1 Å². The Labute approximate surface area is 187 Å². The molecule has 0 radical (unpaired) electrons. The van der Waals surface area contributed by atoms with Gasteiger partial charge < -0.3 is 28.7 Å². The van der Waals surface area contributed by atoms with E-state index in [1.807, 2.05) is 25.1 Å². The van der Waals surface area contributed by atoms with Crippen LogP contribution < -0.4 is 24.7 Å². The molecule has 32 heavy (non-hydrogen) atoms. The molecule has 0 saturated carbocycles. The summed E-state index contributed by atoms with van der Waals surface area (Å²) >= 11 is 0. The molecule has 2 fully saturated rings. The van der Waals surface area contributed by atoms with Crippen LogP contribution in [0.3, 0.4) is 0 Å². The lowest BCUT2D eigenvalue weighted by Crippen LogP contribution is -2.40. The third kappa shape index (κ3) is 5.54.